The molecule has 1 fully saturated rings. The molecule has 0 unspecified atom stereocenters. The van der Waals surface area contributed by atoms with Gasteiger partial charge in [-0.2, -0.15) is 0 Å². The highest BCUT2D eigenvalue weighted by atomic mass is 16.7. The Morgan fingerprint density at radius 1 is 1.60 bits per heavy atom. The number of imide groups is 1. The lowest BCUT2D eigenvalue weighted by atomic mass is 10.2. The van der Waals surface area contributed by atoms with E-state index in [1.807, 2.05) is 0 Å². The highest BCUT2D eigenvalue weighted by Gasteiger charge is 2.30. The molecule has 1 aliphatic rings. The highest BCUT2D eigenvalue weighted by molar-refractivity contribution is 6.05. The van der Waals surface area contributed by atoms with Gasteiger partial charge in [-0.25, -0.2) is 0 Å². The molecule has 2 amide bonds. The average molecular weight is 213 g/mol. The SMILES string of the molecule is C=C(CC(=O)OC)C(=O)N1OCCC1=O. The normalized spacial score (nSPS) is 15.3. The lowest BCUT2D eigenvalue weighted by molar-refractivity contribution is -0.175. The van der Waals surface area contributed by atoms with E-state index in [-0.39, 0.29) is 25.0 Å². The summed E-state index contributed by atoms with van der Waals surface area (Å²) < 4.78 is 4.36. The maximum absolute atomic E-state index is 11.5. The topological polar surface area (TPSA) is 72.9 Å². The molecule has 1 rings (SSSR count). The van der Waals surface area contributed by atoms with Gasteiger partial charge >= 0.3 is 5.97 Å². The van der Waals surface area contributed by atoms with E-state index < -0.39 is 17.8 Å². The van der Waals surface area contributed by atoms with Gasteiger partial charge in [0.05, 0.1) is 26.6 Å². The van der Waals surface area contributed by atoms with Crippen molar-refractivity contribution < 1.29 is 24.0 Å². The first-order valence-electron chi connectivity index (χ1n) is 4.31. The second kappa shape index (κ2) is 4.70. The number of esters is 1. The Morgan fingerprint density at radius 2 is 2.27 bits per heavy atom. The van der Waals surface area contributed by atoms with Crippen LogP contribution in [-0.4, -0.2) is 36.6 Å². The summed E-state index contributed by atoms with van der Waals surface area (Å²) in [6.45, 7) is 3.57. The molecule has 0 aromatic heterocycles. The van der Waals surface area contributed by atoms with Crippen LogP contribution in [0.5, 0.6) is 0 Å². The minimum Gasteiger partial charge on any atom is -0.469 e. The van der Waals surface area contributed by atoms with Crippen LogP contribution in [0.3, 0.4) is 0 Å². The second-order valence-corrected chi connectivity index (χ2v) is 2.93. The first kappa shape index (κ1) is 11.4. The highest BCUT2D eigenvalue weighted by Crippen LogP contribution is 2.12. The molecular formula is C9H11NO5. The summed E-state index contributed by atoms with van der Waals surface area (Å²) in [6.07, 6.45) is -0.0836. The third-order valence-electron chi connectivity index (χ3n) is 1.84. The smallest absolute Gasteiger partial charge is 0.310 e. The van der Waals surface area contributed by atoms with Crippen LogP contribution < -0.4 is 0 Å². The molecule has 15 heavy (non-hydrogen) atoms. The Bertz CT molecular complexity index is 322. The molecule has 6 nitrogen and oxygen atoms in total. The van der Waals surface area contributed by atoms with Gasteiger partial charge in [-0.1, -0.05) is 6.58 Å². The molecule has 1 aliphatic heterocycles. The third kappa shape index (κ3) is 2.63. The maximum atomic E-state index is 11.5. The van der Waals surface area contributed by atoms with Gasteiger partial charge in [-0.15, -0.1) is 5.06 Å². The lowest BCUT2D eigenvalue weighted by Crippen LogP contribution is -2.32. The molecule has 0 aliphatic carbocycles. The minimum atomic E-state index is -0.692. The van der Waals surface area contributed by atoms with E-state index in [9.17, 15) is 14.4 Å². The number of carbonyl (C=O) groups excluding carboxylic acids is 3. The van der Waals surface area contributed by atoms with Crippen LogP contribution >= 0.6 is 0 Å². The molecule has 0 radical (unpaired) electrons. The van der Waals surface area contributed by atoms with Gasteiger partial charge < -0.3 is 4.74 Å². The standard InChI is InChI=1S/C9H11NO5/c1-6(5-8(12)14-2)9(13)10-7(11)3-4-15-10/h1,3-5H2,2H3. The van der Waals surface area contributed by atoms with Gasteiger partial charge in [0.2, 0.25) is 0 Å². The predicted molar refractivity (Wildman–Crippen MR) is 48.2 cm³/mol. The fraction of sp³-hybridized carbons (Fsp3) is 0.444. The van der Waals surface area contributed by atoms with Crippen molar-refractivity contribution in [2.75, 3.05) is 13.7 Å². The Balaban J connectivity index is 2.56. The van der Waals surface area contributed by atoms with E-state index in [0.29, 0.717) is 5.06 Å². The number of hydrogen-bond donors (Lipinski definition) is 0. The van der Waals surface area contributed by atoms with Crippen LogP contribution in [0, 0.1) is 0 Å². The first-order chi connectivity index (χ1) is 7.06. The van der Waals surface area contributed by atoms with Crippen molar-refractivity contribution in [2.24, 2.45) is 0 Å². The quantitative estimate of drug-likeness (QED) is 0.479. The molecule has 1 saturated heterocycles. The molecule has 0 saturated carbocycles. The van der Waals surface area contributed by atoms with Crippen molar-refractivity contribution in [3.63, 3.8) is 0 Å². The Labute approximate surface area is 86.4 Å². The Kier molecular flexibility index (Phi) is 3.56. The second-order valence-electron chi connectivity index (χ2n) is 2.93. The van der Waals surface area contributed by atoms with Crippen LogP contribution in [-0.2, 0) is 24.0 Å². The van der Waals surface area contributed by atoms with Crippen molar-refractivity contribution in [1.82, 2.24) is 5.06 Å². The fourth-order valence-electron chi connectivity index (χ4n) is 1.04. The van der Waals surface area contributed by atoms with E-state index in [0.717, 1.165) is 0 Å². The number of nitrogens with zero attached hydrogens (tertiary/aromatic N) is 1. The minimum absolute atomic E-state index is 0.0305. The number of hydroxylamine groups is 2. The summed E-state index contributed by atoms with van der Waals surface area (Å²) in [6, 6.07) is 0. The predicted octanol–water partition coefficient (Wildman–Crippen LogP) is -0.204. The van der Waals surface area contributed by atoms with Crippen molar-refractivity contribution >= 4 is 17.8 Å². The summed E-state index contributed by atoms with van der Waals surface area (Å²) >= 11 is 0. The molecule has 0 N–H and O–H groups in total. The zero-order valence-electron chi connectivity index (χ0n) is 8.32. The molecular weight excluding hydrogens is 202 g/mol. The number of carbonyl (C=O) groups is 3. The number of amides is 2. The van der Waals surface area contributed by atoms with Crippen LogP contribution in [0.1, 0.15) is 12.8 Å². The maximum Gasteiger partial charge on any atom is 0.310 e. The van der Waals surface area contributed by atoms with Crippen molar-refractivity contribution in [3.05, 3.63) is 12.2 Å². The van der Waals surface area contributed by atoms with E-state index in [4.69, 9.17) is 4.84 Å². The Hall–Kier alpha value is -1.69. The first-order valence-corrected chi connectivity index (χ1v) is 4.31. The largest absolute Gasteiger partial charge is 0.469 e. The molecule has 1 heterocycles. The molecule has 0 aromatic carbocycles. The number of ether oxygens (including phenoxy) is 1. The molecule has 6 heteroatoms. The van der Waals surface area contributed by atoms with Gasteiger partial charge in [0.15, 0.2) is 0 Å². The molecule has 0 bridgehead atoms. The van der Waals surface area contributed by atoms with Crippen molar-refractivity contribution in [2.45, 2.75) is 12.8 Å². The van der Waals surface area contributed by atoms with Gasteiger partial charge in [-0.3, -0.25) is 19.2 Å². The summed E-state index contributed by atoms with van der Waals surface area (Å²) in [4.78, 5) is 38.2. The summed E-state index contributed by atoms with van der Waals surface area (Å²) in [5.41, 5.74) is -0.0305. The van der Waals surface area contributed by atoms with Crippen molar-refractivity contribution in [3.8, 4) is 0 Å². The van der Waals surface area contributed by atoms with E-state index in [1.54, 1.807) is 0 Å². The van der Waals surface area contributed by atoms with Gasteiger partial charge in [0, 0.05) is 5.57 Å². The van der Waals surface area contributed by atoms with Crippen LogP contribution in [0.4, 0.5) is 0 Å². The third-order valence-corrected chi connectivity index (χ3v) is 1.84. The molecule has 0 aromatic rings. The van der Waals surface area contributed by atoms with Gasteiger partial charge in [0.25, 0.3) is 11.8 Å². The van der Waals surface area contributed by atoms with Crippen LogP contribution in [0.25, 0.3) is 0 Å². The van der Waals surface area contributed by atoms with E-state index >= 15 is 0 Å². The van der Waals surface area contributed by atoms with Crippen molar-refractivity contribution in [1.29, 1.82) is 0 Å². The average Bonchev–Trinajstić information content (AvgIpc) is 2.63. The van der Waals surface area contributed by atoms with Gasteiger partial charge in [0.1, 0.15) is 0 Å². The van der Waals surface area contributed by atoms with E-state index in [2.05, 4.69) is 11.3 Å². The molecule has 0 spiro atoms. The van der Waals surface area contributed by atoms with E-state index in [1.165, 1.54) is 7.11 Å². The van der Waals surface area contributed by atoms with Gasteiger partial charge in [-0.05, 0) is 0 Å². The lowest BCUT2D eigenvalue weighted by Gasteiger charge is -2.12. The Morgan fingerprint density at radius 3 is 2.73 bits per heavy atom. The summed E-state index contributed by atoms with van der Waals surface area (Å²) in [7, 11) is 1.21. The zero-order chi connectivity index (χ0) is 11.4. The van der Waals surface area contributed by atoms with Crippen LogP contribution in [0.15, 0.2) is 12.2 Å². The van der Waals surface area contributed by atoms with Crippen LogP contribution in [0.2, 0.25) is 0 Å². The number of hydrogen-bond acceptors (Lipinski definition) is 5. The molecule has 82 valence electrons. The number of rotatable bonds is 3. The zero-order valence-corrected chi connectivity index (χ0v) is 8.32. The fourth-order valence-corrected chi connectivity index (χ4v) is 1.04. The summed E-state index contributed by atoms with van der Waals surface area (Å²) in [5.74, 6) is -1.70. The number of methoxy groups -OCH3 is 1. The molecule has 0 atom stereocenters. The summed E-state index contributed by atoms with van der Waals surface area (Å²) in [5, 5.41) is 0.630. The monoisotopic (exact) mass is 213 g/mol.